The molecule has 0 amide bonds. The second-order valence-corrected chi connectivity index (χ2v) is 14.5. The second kappa shape index (κ2) is 11.6. The molecule has 47 heavy (non-hydrogen) atoms. The van der Waals surface area contributed by atoms with Gasteiger partial charge >= 0.3 is 0 Å². The van der Waals surface area contributed by atoms with E-state index >= 15 is 0 Å². The SMILES string of the molecule is CC1C=CC(c2nc(-c3ccccc3)nc(C3CC4CCC3CC4c3ccc(-n4c5c(c6ccccc64)C=CCC5C)cc3)n2)=CC1. The zero-order valence-corrected chi connectivity index (χ0v) is 27.4. The number of rotatable bonds is 5. The summed E-state index contributed by atoms with van der Waals surface area (Å²) in [4.78, 5) is 15.4. The van der Waals surface area contributed by atoms with E-state index in [4.69, 9.17) is 15.0 Å². The number of allylic oxidation sites excluding steroid dienone is 5. The molecule has 5 aliphatic rings. The van der Waals surface area contributed by atoms with Crippen LogP contribution in [0.1, 0.15) is 98.6 Å². The summed E-state index contributed by atoms with van der Waals surface area (Å²) >= 11 is 0. The first-order chi connectivity index (χ1) is 23.1. The molecule has 5 aliphatic carbocycles. The van der Waals surface area contributed by atoms with Gasteiger partial charge in [0.05, 0.1) is 5.52 Å². The number of benzene rings is 3. The Morgan fingerprint density at radius 2 is 1.45 bits per heavy atom. The van der Waals surface area contributed by atoms with Crippen molar-refractivity contribution < 1.29 is 0 Å². The summed E-state index contributed by atoms with van der Waals surface area (Å²) in [6.07, 6.45) is 18.5. The summed E-state index contributed by atoms with van der Waals surface area (Å²) in [5, 5.41) is 1.35. The van der Waals surface area contributed by atoms with E-state index in [0.717, 1.165) is 47.9 Å². The van der Waals surface area contributed by atoms with Crippen LogP contribution in [0.4, 0.5) is 0 Å². The van der Waals surface area contributed by atoms with Gasteiger partial charge in [-0.1, -0.05) is 105 Å². The van der Waals surface area contributed by atoms with Crippen molar-refractivity contribution in [1.29, 1.82) is 0 Å². The molecular formula is C43H42N4. The summed E-state index contributed by atoms with van der Waals surface area (Å²) in [6, 6.07) is 28.9. The first kappa shape index (κ1) is 28.6. The van der Waals surface area contributed by atoms with Crippen LogP contribution in [0.5, 0.6) is 0 Å². The Labute approximate surface area is 278 Å². The van der Waals surface area contributed by atoms with Crippen LogP contribution < -0.4 is 0 Å². The summed E-state index contributed by atoms with van der Waals surface area (Å²) in [5.41, 5.74) is 9.11. The molecule has 0 aliphatic heterocycles. The van der Waals surface area contributed by atoms with Crippen LogP contribution in [-0.4, -0.2) is 19.5 Å². The fourth-order valence-corrected chi connectivity index (χ4v) is 9.05. The fourth-order valence-electron chi connectivity index (χ4n) is 9.05. The topological polar surface area (TPSA) is 43.6 Å². The lowest BCUT2D eigenvalue weighted by Crippen LogP contribution is -2.36. The highest BCUT2D eigenvalue weighted by Crippen LogP contribution is 2.55. The van der Waals surface area contributed by atoms with Crippen LogP contribution in [0.15, 0.2) is 103 Å². The van der Waals surface area contributed by atoms with Crippen LogP contribution in [0.3, 0.4) is 0 Å². The molecule has 4 nitrogen and oxygen atoms in total. The van der Waals surface area contributed by atoms with E-state index in [9.17, 15) is 0 Å². The molecule has 6 atom stereocenters. The monoisotopic (exact) mass is 614 g/mol. The Morgan fingerprint density at radius 3 is 2.21 bits per heavy atom. The van der Waals surface area contributed by atoms with Gasteiger partial charge in [0.2, 0.25) is 0 Å². The number of para-hydroxylation sites is 1. The van der Waals surface area contributed by atoms with Gasteiger partial charge in [-0.15, -0.1) is 0 Å². The highest BCUT2D eigenvalue weighted by Gasteiger charge is 2.44. The van der Waals surface area contributed by atoms with Crippen molar-refractivity contribution >= 4 is 22.6 Å². The van der Waals surface area contributed by atoms with Crippen LogP contribution in [0.2, 0.25) is 0 Å². The first-order valence-electron chi connectivity index (χ1n) is 17.7. The minimum atomic E-state index is 0.382. The average molecular weight is 615 g/mol. The number of aromatic nitrogens is 4. The fraction of sp³-hybridized carbons (Fsp3) is 0.326. The third-order valence-electron chi connectivity index (χ3n) is 11.5. The highest BCUT2D eigenvalue weighted by atomic mass is 15.0. The maximum absolute atomic E-state index is 5.20. The third kappa shape index (κ3) is 5.01. The second-order valence-electron chi connectivity index (χ2n) is 14.5. The highest BCUT2D eigenvalue weighted by molar-refractivity contribution is 5.93. The number of hydrogen-bond donors (Lipinski definition) is 0. The average Bonchev–Trinajstić information content (AvgIpc) is 3.48. The predicted octanol–water partition coefficient (Wildman–Crippen LogP) is 10.7. The zero-order chi connectivity index (χ0) is 31.5. The molecule has 3 fully saturated rings. The normalized spacial score (nSPS) is 26.4. The summed E-state index contributed by atoms with van der Waals surface area (Å²) < 4.78 is 2.52. The number of nitrogens with zero attached hydrogens (tertiary/aromatic N) is 4. The Bertz CT molecular complexity index is 2050. The van der Waals surface area contributed by atoms with Crippen molar-refractivity contribution in [3.8, 4) is 17.1 Å². The largest absolute Gasteiger partial charge is 0.313 e. The molecule has 2 aromatic heterocycles. The Kier molecular flexibility index (Phi) is 7.06. The van der Waals surface area contributed by atoms with Crippen molar-refractivity contribution in [1.82, 2.24) is 19.5 Å². The quantitative estimate of drug-likeness (QED) is 0.198. The molecule has 6 unspecified atom stereocenters. The van der Waals surface area contributed by atoms with Crippen LogP contribution in [0.25, 0.3) is 39.6 Å². The molecule has 0 N–H and O–H groups in total. The van der Waals surface area contributed by atoms with Gasteiger partial charge in [0.1, 0.15) is 5.82 Å². The molecule has 234 valence electrons. The lowest BCUT2D eigenvalue weighted by atomic mass is 9.58. The van der Waals surface area contributed by atoms with Gasteiger partial charge in [-0.25, -0.2) is 15.0 Å². The van der Waals surface area contributed by atoms with E-state index < -0.39 is 0 Å². The van der Waals surface area contributed by atoms with Crippen molar-refractivity contribution in [3.05, 3.63) is 132 Å². The molecule has 0 spiro atoms. The summed E-state index contributed by atoms with van der Waals surface area (Å²) in [6.45, 7) is 4.62. The smallest absolute Gasteiger partial charge is 0.163 e. The van der Waals surface area contributed by atoms with E-state index in [-0.39, 0.29) is 0 Å². The van der Waals surface area contributed by atoms with Gasteiger partial charge in [0, 0.05) is 45.3 Å². The third-order valence-corrected chi connectivity index (χ3v) is 11.5. The minimum Gasteiger partial charge on any atom is -0.313 e. The van der Waals surface area contributed by atoms with Gasteiger partial charge < -0.3 is 4.57 Å². The Morgan fingerprint density at radius 1 is 0.702 bits per heavy atom. The molecule has 3 aromatic carbocycles. The molecule has 4 heteroatoms. The van der Waals surface area contributed by atoms with E-state index in [1.54, 1.807) is 0 Å². The van der Waals surface area contributed by atoms with E-state index in [1.165, 1.54) is 52.7 Å². The van der Waals surface area contributed by atoms with Gasteiger partial charge in [0.25, 0.3) is 0 Å². The van der Waals surface area contributed by atoms with Crippen LogP contribution in [0, 0.1) is 17.8 Å². The van der Waals surface area contributed by atoms with Gasteiger partial charge in [-0.2, -0.15) is 0 Å². The van der Waals surface area contributed by atoms with Crippen LogP contribution in [-0.2, 0) is 0 Å². The van der Waals surface area contributed by atoms with Crippen molar-refractivity contribution in [3.63, 3.8) is 0 Å². The standard InChI is InChI=1S/C43H42N4/c1-27-15-17-31(18-16-27)42-44-41(30-10-4-3-5-11-30)45-43(46-42)38-26-32-19-20-33(38)25-37(32)29-21-23-34(24-22-29)47-39-14-7-6-12-35(39)36-13-8-9-28(2)40(36)47/h3-8,10-15,17-18,21-24,27-28,32-33,37-38H,9,16,19-20,25-26H2,1-2H3. The Balaban J connectivity index is 1.02. The van der Waals surface area contributed by atoms with Gasteiger partial charge in [-0.3, -0.25) is 0 Å². The zero-order valence-electron chi connectivity index (χ0n) is 27.4. The molecule has 10 rings (SSSR count). The molecule has 5 aromatic rings. The molecule has 2 bridgehead atoms. The number of fused-ring (bicyclic) bond motifs is 6. The van der Waals surface area contributed by atoms with Gasteiger partial charge in [0.15, 0.2) is 11.6 Å². The molecule has 3 saturated carbocycles. The predicted molar refractivity (Wildman–Crippen MR) is 192 cm³/mol. The maximum Gasteiger partial charge on any atom is 0.163 e. The van der Waals surface area contributed by atoms with Gasteiger partial charge in [-0.05, 0) is 86.0 Å². The minimum absolute atomic E-state index is 0.382. The lowest BCUT2D eigenvalue weighted by Gasteiger charge is -2.47. The lowest BCUT2D eigenvalue weighted by molar-refractivity contribution is 0.112. The molecule has 0 saturated heterocycles. The summed E-state index contributed by atoms with van der Waals surface area (Å²) in [5.74, 6) is 5.90. The molecular weight excluding hydrogens is 573 g/mol. The first-order valence-corrected chi connectivity index (χ1v) is 17.7. The van der Waals surface area contributed by atoms with E-state index in [2.05, 4.69) is 128 Å². The maximum atomic E-state index is 5.20. The van der Waals surface area contributed by atoms with Crippen molar-refractivity contribution in [2.45, 2.75) is 70.1 Å². The van der Waals surface area contributed by atoms with Crippen molar-refractivity contribution in [2.75, 3.05) is 0 Å². The summed E-state index contributed by atoms with van der Waals surface area (Å²) in [7, 11) is 0. The number of hydrogen-bond acceptors (Lipinski definition) is 3. The Hall–Kier alpha value is -4.57. The van der Waals surface area contributed by atoms with Crippen LogP contribution >= 0.6 is 0 Å². The molecule has 2 heterocycles. The van der Waals surface area contributed by atoms with E-state index in [0.29, 0.717) is 35.5 Å². The van der Waals surface area contributed by atoms with E-state index in [1.807, 2.05) is 0 Å². The molecule has 0 radical (unpaired) electrons. The van der Waals surface area contributed by atoms with Crippen molar-refractivity contribution in [2.24, 2.45) is 17.8 Å².